The molecule has 0 radical (unpaired) electrons. The van der Waals surface area contributed by atoms with E-state index in [4.69, 9.17) is 4.74 Å². The number of halogens is 4. The molecule has 0 heterocycles. The molecule has 0 aliphatic heterocycles. The first kappa shape index (κ1) is 24.6. The highest BCUT2D eigenvalue weighted by molar-refractivity contribution is 5.97. The lowest BCUT2D eigenvalue weighted by Crippen LogP contribution is -2.42. The van der Waals surface area contributed by atoms with E-state index >= 15 is 0 Å². The predicted octanol–water partition coefficient (Wildman–Crippen LogP) is 5.20. The Kier molecular flexibility index (Phi) is 7.72. The van der Waals surface area contributed by atoms with E-state index in [9.17, 15) is 27.2 Å². The van der Waals surface area contributed by atoms with Crippen molar-refractivity contribution in [2.45, 2.75) is 25.7 Å². The Hall–Kier alpha value is -4.08. The number of nitrogens with one attached hydrogen (secondary N) is 2. The second-order valence-electron chi connectivity index (χ2n) is 7.23. The molecule has 2 amide bonds. The summed E-state index contributed by atoms with van der Waals surface area (Å²) in [5.74, 6) is -0.927. The molecule has 6 nitrogen and oxygen atoms in total. The number of hydrogen-bond donors (Lipinski definition) is 2. The Balaban J connectivity index is 1.50. The number of anilines is 1. The summed E-state index contributed by atoms with van der Waals surface area (Å²) in [7, 11) is 0. The molecule has 178 valence electrons. The van der Waals surface area contributed by atoms with Crippen molar-refractivity contribution >= 4 is 17.5 Å². The van der Waals surface area contributed by atoms with Crippen LogP contribution >= 0.6 is 0 Å². The first-order chi connectivity index (χ1) is 16.1. The molecule has 0 aliphatic rings. The number of rotatable bonds is 8. The van der Waals surface area contributed by atoms with Gasteiger partial charge in [0.1, 0.15) is 29.1 Å². The molecular formula is C24H20F4N2O4. The van der Waals surface area contributed by atoms with E-state index < -0.39 is 30.0 Å². The molecule has 2 N–H and O–H groups in total. The number of ether oxygens (including phenoxy) is 2. The molecule has 10 heteroatoms. The fourth-order valence-corrected chi connectivity index (χ4v) is 2.89. The zero-order valence-electron chi connectivity index (χ0n) is 17.9. The van der Waals surface area contributed by atoms with Crippen LogP contribution in [0.5, 0.6) is 17.2 Å². The molecule has 0 bridgehead atoms. The molecule has 0 saturated carbocycles. The smallest absolute Gasteiger partial charge is 0.457 e. The van der Waals surface area contributed by atoms with Crippen LogP contribution in [0.1, 0.15) is 12.5 Å². The van der Waals surface area contributed by atoms with Crippen molar-refractivity contribution in [3.63, 3.8) is 0 Å². The summed E-state index contributed by atoms with van der Waals surface area (Å²) in [6, 6.07) is 16.0. The maximum Gasteiger partial charge on any atom is 0.573 e. The third kappa shape index (κ3) is 7.80. The Morgan fingerprint density at radius 1 is 0.912 bits per heavy atom. The van der Waals surface area contributed by atoms with Crippen LogP contribution in [0.3, 0.4) is 0 Å². The number of hydrogen-bond acceptors (Lipinski definition) is 4. The maximum atomic E-state index is 13.0. The van der Waals surface area contributed by atoms with Gasteiger partial charge in [0.2, 0.25) is 11.8 Å². The lowest BCUT2D eigenvalue weighted by molar-refractivity contribution is -0.274. The molecule has 0 spiro atoms. The fraction of sp³-hybridized carbons (Fsp3) is 0.167. The molecule has 34 heavy (non-hydrogen) atoms. The number of carbonyl (C=O) groups excluding carboxylic acids is 2. The normalized spacial score (nSPS) is 11.9. The van der Waals surface area contributed by atoms with E-state index in [0.717, 1.165) is 12.1 Å². The van der Waals surface area contributed by atoms with Gasteiger partial charge < -0.3 is 20.1 Å². The van der Waals surface area contributed by atoms with Crippen LogP contribution in [0.2, 0.25) is 0 Å². The van der Waals surface area contributed by atoms with E-state index in [1.54, 1.807) is 24.3 Å². The van der Waals surface area contributed by atoms with Crippen molar-refractivity contribution in [1.82, 2.24) is 5.32 Å². The van der Waals surface area contributed by atoms with Gasteiger partial charge in [-0.1, -0.05) is 12.1 Å². The summed E-state index contributed by atoms with van der Waals surface area (Å²) in [4.78, 5) is 24.6. The number of carbonyl (C=O) groups is 2. The standard InChI is InChI=1S/C24H20F4N2O4/c1-15(29-22(31)14-16-3-2-4-21(13-16)34-24(26,27)28)23(32)30-18-7-11-20(12-8-18)33-19-9-5-17(25)6-10-19/h2-13,15H,14H2,1H3,(H,29,31)(H,30,32). The predicted molar refractivity (Wildman–Crippen MR) is 116 cm³/mol. The summed E-state index contributed by atoms with van der Waals surface area (Å²) in [5, 5.41) is 5.14. The van der Waals surface area contributed by atoms with Gasteiger partial charge in [0.25, 0.3) is 0 Å². The van der Waals surface area contributed by atoms with Crippen molar-refractivity contribution < 1.29 is 36.6 Å². The lowest BCUT2D eigenvalue weighted by Gasteiger charge is -2.15. The van der Waals surface area contributed by atoms with Crippen molar-refractivity contribution in [3.8, 4) is 17.2 Å². The monoisotopic (exact) mass is 476 g/mol. The summed E-state index contributed by atoms with van der Waals surface area (Å²) >= 11 is 0. The highest BCUT2D eigenvalue weighted by Crippen LogP contribution is 2.24. The number of alkyl halides is 3. The van der Waals surface area contributed by atoms with Gasteiger partial charge in [0, 0.05) is 5.69 Å². The van der Waals surface area contributed by atoms with E-state index in [0.29, 0.717) is 22.7 Å². The average Bonchev–Trinajstić information content (AvgIpc) is 2.75. The molecule has 0 fully saturated rings. The van der Waals surface area contributed by atoms with Crippen LogP contribution in [-0.4, -0.2) is 24.2 Å². The van der Waals surface area contributed by atoms with Gasteiger partial charge >= 0.3 is 6.36 Å². The van der Waals surface area contributed by atoms with Crippen LogP contribution < -0.4 is 20.1 Å². The first-order valence-corrected chi connectivity index (χ1v) is 10.1. The van der Waals surface area contributed by atoms with E-state index in [2.05, 4.69) is 15.4 Å². The molecule has 3 aromatic rings. The van der Waals surface area contributed by atoms with Gasteiger partial charge in [-0.25, -0.2) is 4.39 Å². The molecule has 0 aliphatic carbocycles. The molecule has 3 aromatic carbocycles. The topological polar surface area (TPSA) is 76.7 Å². The van der Waals surface area contributed by atoms with Crippen molar-refractivity contribution in [1.29, 1.82) is 0 Å². The van der Waals surface area contributed by atoms with Crippen LogP contribution in [-0.2, 0) is 16.0 Å². The van der Waals surface area contributed by atoms with Crippen molar-refractivity contribution in [2.75, 3.05) is 5.32 Å². The third-order valence-corrected chi connectivity index (χ3v) is 4.44. The quantitative estimate of drug-likeness (QED) is 0.438. The molecule has 3 rings (SSSR count). The molecular weight excluding hydrogens is 456 g/mol. The molecule has 0 saturated heterocycles. The average molecular weight is 476 g/mol. The van der Waals surface area contributed by atoms with Gasteiger partial charge in [-0.05, 0) is 73.2 Å². The highest BCUT2D eigenvalue weighted by atomic mass is 19.4. The van der Waals surface area contributed by atoms with Crippen LogP contribution in [0.25, 0.3) is 0 Å². The number of amides is 2. The minimum atomic E-state index is -4.83. The van der Waals surface area contributed by atoms with E-state index in [-0.39, 0.29) is 12.2 Å². The van der Waals surface area contributed by atoms with Gasteiger partial charge in [0.05, 0.1) is 6.42 Å². The first-order valence-electron chi connectivity index (χ1n) is 10.1. The van der Waals surface area contributed by atoms with E-state index in [1.165, 1.54) is 43.3 Å². The summed E-state index contributed by atoms with van der Waals surface area (Å²) in [6.45, 7) is 1.47. The minimum Gasteiger partial charge on any atom is -0.457 e. The second kappa shape index (κ2) is 10.7. The van der Waals surface area contributed by atoms with Gasteiger partial charge in [-0.3, -0.25) is 9.59 Å². The zero-order chi connectivity index (χ0) is 24.7. The maximum absolute atomic E-state index is 13.0. The van der Waals surface area contributed by atoms with Crippen LogP contribution in [0.4, 0.5) is 23.2 Å². The minimum absolute atomic E-state index is 0.234. The van der Waals surface area contributed by atoms with E-state index in [1.807, 2.05) is 0 Å². The van der Waals surface area contributed by atoms with Crippen molar-refractivity contribution in [2.24, 2.45) is 0 Å². The third-order valence-electron chi connectivity index (χ3n) is 4.44. The Bertz CT molecular complexity index is 1130. The van der Waals surface area contributed by atoms with Crippen LogP contribution in [0.15, 0.2) is 72.8 Å². The Morgan fingerprint density at radius 3 is 2.15 bits per heavy atom. The number of benzene rings is 3. The summed E-state index contributed by atoms with van der Waals surface area (Å²) < 4.78 is 59.4. The molecule has 0 aromatic heterocycles. The molecule has 1 unspecified atom stereocenters. The van der Waals surface area contributed by atoms with Gasteiger partial charge in [-0.15, -0.1) is 13.2 Å². The Morgan fingerprint density at radius 2 is 1.53 bits per heavy atom. The molecule has 1 atom stereocenters. The van der Waals surface area contributed by atoms with Crippen LogP contribution in [0, 0.1) is 5.82 Å². The van der Waals surface area contributed by atoms with Gasteiger partial charge in [0.15, 0.2) is 0 Å². The fourth-order valence-electron chi connectivity index (χ4n) is 2.89. The SMILES string of the molecule is CC(NC(=O)Cc1cccc(OC(F)(F)F)c1)C(=O)Nc1ccc(Oc2ccc(F)cc2)cc1. The largest absolute Gasteiger partial charge is 0.573 e. The highest BCUT2D eigenvalue weighted by Gasteiger charge is 2.31. The van der Waals surface area contributed by atoms with Crippen molar-refractivity contribution in [3.05, 3.63) is 84.2 Å². The Labute approximate surface area is 192 Å². The lowest BCUT2D eigenvalue weighted by atomic mass is 10.1. The summed E-state index contributed by atoms with van der Waals surface area (Å²) in [6.07, 6.45) is -5.07. The zero-order valence-corrected chi connectivity index (χ0v) is 17.9. The second-order valence-corrected chi connectivity index (χ2v) is 7.23. The summed E-state index contributed by atoms with van der Waals surface area (Å²) in [5.41, 5.74) is 0.748. The van der Waals surface area contributed by atoms with Gasteiger partial charge in [-0.2, -0.15) is 0 Å².